The standard InChI is InChI=1S/C21H34N4O4S/c1-4-11-23-14-16-24(17-15-23)21(26)18-5-7-19(8-6-18)29-20-9-12-25(13-10-20)30(27,28)22(2)3/h5-8,20H,4,9-17H2,1-3H3. The topological polar surface area (TPSA) is 73.4 Å². The highest BCUT2D eigenvalue weighted by Gasteiger charge is 2.30. The van der Waals surface area contributed by atoms with Crippen molar-refractivity contribution in [2.75, 3.05) is 59.9 Å². The zero-order valence-corrected chi connectivity index (χ0v) is 19.1. The summed E-state index contributed by atoms with van der Waals surface area (Å²) in [7, 11) is -0.268. The SMILES string of the molecule is CCCN1CCN(C(=O)c2ccc(OC3CCN(S(=O)(=O)N(C)C)CC3)cc2)CC1. The molecule has 0 bridgehead atoms. The molecule has 2 saturated heterocycles. The lowest BCUT2D eigenvalue weighted by Gasteiger charge is -2.34. The fourth-order valence-corrected chi connectivity index (χ4v) is 5.09. The van der Waals surface area contributed by atoms with Gasteiger partial charge in [0.25, 0.3) is 16.1 Å². The van der Waals surface area contributed by atoms with Crippen molar-refractivity contribution in [1.29, 1.82) is 0 Å². The number of carbonyl (C=O) groups is 1. The lowest BCUT2D eigenvalue weighted by molar-refractivity contribution is 0.0637. The Labute approximate surface area is 180 Å². The van der Waals surface area contributed by atoms with Crippen molar-refractivity contribution in [3.05, 3.63) is 29.8 Å². The first kappa shape index (κ1) is 23.0. The molecular formula is C21H34N4O4S. The highest BCUT2D eigenvalue weighted by atomic mass is 32.2. The molecule has 8 nitrogen and oxygen atoms in total. The molecule has 1 amide bonds. The molecule has 2 aliphatic rings. The number of piperidine rings is 1. The largest absolute Gasteiger partial charge is 0.490 e. The van der Waals surface area contributed by atoms with E-state index in [1.165, 1.54) is 8.61 Å². The van der Waals surface area contributed by atoms with E-state index in [4.69, 9.17) is 4.74 Å². The number of rotatable bonds is 7. The first-order chi connectivity index (χ1) is 14.3. The van der Waals surface area contributed by atoms with Gasteiger partial charge in [0.2, 0.25) is 0 Å². The Bertz CT molecular complexity index is 797. The van der Waals surface area contributed by atoms with E-state index < -0.39 is 10.2 Å². The molecule has 3 rings (SSSR count). The predicted octanol–water partition coefficient (Wildman–Crippen LogP) is 1.50. The van der Waals surface area contributed by atoms with Gasteiger partial charge in [-0.3, -0.25) is 9.69 Å². The molecule has 0 saturated carbocycles. The summed E-state index contributed by atoms with van der Waals surface area (Å²) >= 11 is 0. The van der Waals surface area contributed by atoms with Crippen molar-refractivity contribution in [3.63, 3.8) is 0 Å². The summed E-state index contributed by atoms with van der Waals surface area (Å²) in [5, 5.41) is 0. The van der Waals surface area contributed by atoms with Gasteiger partial charge in [0.1, 0.15) is 11.9 Å². The fourth-order valence-electron chi connectivity index (χ4n) is 3.95. The summed E-state index contributed by atoms with van der Waals surface area (Å²) in [6.45, 7) is 7.57. The first-order valence-electron chi connectivity index (χ1n) is 10.8. The van der Waals surface area contributed by atoms with Gasteiger partial charge in [-0.25, -0.2) is 0 Å². The Kier molecular flexibility index (Phi) is 7.73. The second-order valence-corrected chi connectivity index (χ2v) is 10.3. The molecule has 0 unspecified atom stereocenters. The quantitative estimate of drug-likeness (QED) is 0.645. The zero-order chi connectivity index (χ0) is 21.7. The number of ether oxygens (including phenoxy) is 1. The molecular weight excluding hydrogens is 404 g/mol. The monoisotopic (exact) mass is 438 g/mol. The molecule has 2 heterocycles. The van der Waals surface area contributed by atoms with E-state index in [1.807, 2.05) is 29.2 Å². The van der Waals surface area contributed by atoms with Gasteiger partial charge in [-0.15, -0.1) is 0 Å². The van der Waals surface area contributed by atoms with E-state index in [0.717, 1.165) is 39.1 Å². The van der Waals surface area contributed by atoms with Crippen LogP contribution >= 0.6 is 0 Å². The fraction of sp³-hybridized carbons (Fsp3) is 0.667. The molecule has 2 aliphatic heterocycles. The van der Waals surface area contributed by atoms with Gasteiger partial charge in [-0.05, 0) is 50.1 Å². The molecule has 0 spiro atoms. The number of hydrogen-bond donors (Lipinski definition) is 0. The zero-order valence-electron chi connectivity index (χ0n) is 18.3. The molecule has 0 aromatic heterocycles. The minimum atomic E-state index is -3.36. The molecule has 0 radical (unpaired) electrons. The lowest BCUT2D eigenvalue weighted by atomic mass is 10.1. The van der Waals surface area contributed by atoms with E-state index >= 15 is 0 Å². The van der Waals surface area contributed by atoms with Crippen LogP contribution in [0.4, 0.5) is 0 Å². The van der Waals surface area contributed by atoms with Crippen LogP contribution < -0.4 is 4.74 Å². The maximum absolute atomic E-state index is 12.8. The number of benzene rings is 1. The molecule has 0 N–H and O–H groups in total. The summed E-state index contributed by atoms with van der Waals surface area (Å²) in [6, 6.07) is 7.32. The summed E-state index contributed by atoms with van der Waals surface area (Å²) in [6.07, 6.45) is 2.41. The molecule has 1 aromatic carbocycles. The van der Waals surface area contributed by atoms with Gasteiger partial charge in [0.05, 0.1) is 0 Å². The van der Waals surface area contributed by atoms with Crippen molar-refractivity contribution in [1.82, 2.24) is 18.4 Å². The summed E-state index contributed by atoms with van der Waals surface area (Å²) in [5.41, 5.74) is 0.679. The second-order valence-electron chi connectivity index (χ2n) is 8.16. The predicted molar refractivity (Wildman–Crippen MR) is 117 cm³/mol. The summed E-state index contributed by atoms with van der Waals surface area (Å²) in [5.74, 6) is 0.785. The smallest absolute Gasteiger partial charge is 0.281 e. The normalized spacial score (nSPS) is 19.9. The van der Waals surface area contributed by atoms with E-state index in [2.05, 4.69) is 11.8 Å². The van der Waals surface area contributed by atoms with Gasteiger partial charge in [-0.2, -0.15) is 17.0 Å². The third kappa shape index (κ3) is 5.51. The average Bonchev–Trinajstić information content (AvgIpc) is 2.75. The Morgan fingerprint density at radius 2 is 1.63 bits per heavy atom. The van der Waals surface area contributed by atoms with E-state index in [0.29, 0.717) is 37.2 Å². The molecule has 0 atom stereocenters. The van der Waals surface area contributed by atoms with Gasteiger partial charge >= 0.3 is 0 Å². The van der Waals surface area contributed by atoms with Gasteiger partial charge in [-0.1, -0.05) is 6.92 Å². The van der Waals surface area contributed by atoms with Crippen LogP contribution in [0.5, 0.6) is 5.75 Å². The summed E-state index contributed by atoms with van der Waals surface area (Å²) < 4.78 is 33.2. The summed E-state index contributed by atoms with van der Waals surface area (Å²) in [4.78, 5) is 17.1. The van der Waals surface area contributed by atoms with Crippen LogP contribution in [0.3, 0.4) is 0 Å². The maximum Gasteiger partial charge on any atom is 0.281 e. The molecule has 168 valence electrons. The van der Waals surface area contributed by atoms with Crippen molar-refractivity contribution in [2.45, 2.75) is 32.3 Å². The van der Waals surface area contributed by atoms with Crippen LogP contribution in [0.2, 0.25) is 0 Å². The highest BCUT2D eigenvalue weighted by molar-refractivity contribution is 7.86. The molecule has 30 heavy (non-hydrogen) atoms. The van der Waals surface area contributed by atoms with Crippen LogP contribution in [-0.4, -0.2) is 98.7 Å². The minimum Gasteiger partial charge on any atom is -0.490 e. The molecule has 0 aliphatic carbocycles. The number of carbonyl (C=O) groups excluding carboxylic acids is 1. The highest BCUT2D eigenvalue weighted by Crippen LogP contribution is 2.22. The number of nitrogens with zero attached hydrogens (tertiary/aromatic N) is 4. The maximum atomic E-state index is 12.8. The van der Waals surface area contributed by atoms with Crippen LogP contribution in [0, 0.1) is 0 Å². The Hall–Kier alpha value is -1.68. The van der Waals surface area contributed by atoms with Gasteiger partial charge in [0.15, 0.2) is 0 Å². The number of piperazine rings is 1. The van der Waals surface area contributed by atoms with Crippen LogP contribution in [0.15, 0.2) is 24.3 Å². The van der Waals surface area contributed by atoms with Crippen molar-refractivity contribution in [3.8, 4) is 5.75 Å². The number of hydrogen-bond acceptors (Lipinski definition) is 5. The molecule has 1 aromatic rings. The first-order valence-corrected chi connectivity index (χ1v) is 12.2. The third-order valence-electron chi connectivity index (χ3n) is 5.79. The molecule has 9 heteroatoms. The van der Waals surface area contributed by atoms with E-state index in [9.17, 15) is 13.2 Å². The van der Waals surface area contributed by atoms with Gasteiger partial charge in [0, 0.05) is 58.9 Å². The van der Waals surface area contributed by atoms with E-state index in [1.54, 1.807) is 14.1 Å². The average molecular weight is 439 g/mol. The Balaban J connectivity index is 1.49. The van der Waals surface area contributed by atoms with Crippen LogP contribution in [0.1, 0.15) is 36.5 Å². The van der Waals surface area contributed by atoms with Gasteiger partial charge < -0.3 is 9.64 Å². The lowest BCUT2D eigenvalue weighted by Crippen LogP contribution is -2.48. The number of amides is 1. The Morgan fingerprint density at radius 1 is 1.03 bits per heavy atom. The Morgan fingerprint density at radius 3 is 2.17 bits per heavy atom. The van der Waals surface area contributed by atoms with Crippen LogP contribution in [-0.2, 0) is 10.2 Å². The molecule has 2 fully saturated rings. The van der Waals surface area contributed by atoms with E-state index in [-0.39, 0.29) is 12.0 Å². The van der Waals surface area contributed by atoms with Crippen molar-refractivity contribution in [2.24, 2.45) is 0 Å². The van der Waals surface area contributed by atoms with Crippen LogP contribution in [0.25, 0.3) is 0 Å². The third-order valence-corrected chi connectivity index (χ3v) is 7.73. The minimum absolute atomic E-state index is 0.0215. The van der Waals surface area contributed by atoms with Crippen molar-refractivity contribution < 1.29 is 17.9 Å². The van der Waals surface area contributed by atoms with Crippen molar-refractivity contribution >= 4 is 16.1 Å². The second kappa shape index (κ2) is 10.1.